The van der Waals surface area contributed by atoms with Crippen molar-refractivity contribution in [2.45, 2.75) is 18.2 Å². The molecule has 1 rings (SSSR count). The predicted molar refractivity (Wildman–Crippen MR) is 52.3 cm³/mol. The summed E-state index contributed by atoms with van der Waals surface area (Å²) in [4.78, 5) is 1.17. The summed E-state index contributed by atoms with van der Waals surface area (Å²) < 4.78 is 0. The maximum absolute atomic E-state index is 8.72. The van der Waals surface area contributed by atoms with Gasteiger partial charge in [-0.05, 0) is 36.4 Å². The smallest absolute Gasteiger partial charge is 0.0992 e. The lowest BCUT2D eigenvalue weighted by atomic mass is 10.1. The number of hydrogen-bond donors (Lipinski definition) is 0. The number of nitrogens with zero attached hydrogens (tertiary/aromatic N) is 1. The van der Waals surface area contributed by atoms with E-state index in [1.54, 1.807) is 11.8 Å². The Kier molecular flexibility index (Phi) is 3.19. The van der Waals surface area contributed by atoms with Crippen LogP contribution in [-0.4, -0.2) is 6.26 Å². The predicted octanol–water partition coefficient (Wildman–Crippen LogP) is 2.84. The lowest BCUT2D eigenvalue weighted by molar-refractivity contribution is 1.12. The van der Waals surface area contributed by atoms with Crippen LogP contribution in [0.3, 0.4) is 0 Å². The van der Waals surface area contributed by atoms with E-state index < -0.39 is 0 Å². The minimum atomic E-state index is 0.763. The quantitative estimate of drug-likeness (QED) is 0.648. The molecule has 0 atom stereocenters. The van der Waals surface area contributed by atoms with Crippen molar-refractivity contribution in [3.63, 3.8) is 0 Å². The molecule has 0 aliphatic heterocycles. The van der Waals surface area contributed by atoms with Crippen LogP contribution < -0.4 is 0 Å². The monoisotopic (exact) mass is 177 g/mol. The van der Waals surface area contributed by atoms with Crippen LogP contribution >= 0.6 is 11.8 Å². The van der Waals surface area contributed by atoms with Gasteiger partial charge < -0.3 is 0 Å². The minimum Gasteiger partial charge on any atom is -0.192 e. The van der Waals surface area contributed by atoms with E-state index in [0.717, 1.165) is 12.0 Å². The fraction of sp³-hybridized carbons (Fsp3) is 0.300. The summed E-state index contributed by atoms with van der Waals surface area (Å²) in [6.07, 6.45) is 3.01. The van der Waals surface area contributed by atoms with Crippen molar-refractivity contribution in [1.29, 1.82) is 5.26 Å². The molecule has 0 radical (unpaired) electrons. The summed E-state index contributed by atoms with van der Waals surface area (Å²) in [6.45, 7) is 2.10. The number of benzene rings is 1. The Bertz CT molecular complexity index is 290. The van der Waals surface area contributed by atoms with E-state index in [-0.39, 0.29) is 0 Å². The molecule has 0 aliphatic carbocycles. The van der Waals surface area contributed by atoms with Crippen molar-refractivity contribution >= 4 is 11.8 Å². The van der Waals surface area contributed by atoms with Crippen LogP contribution in [0.2, 0.25) is 0 Å². The summed E-state index contributed by atoms with van der Waals surface area (Å²) in [5, 5.41) is 8.72. The highest BCUT2D eigenvalue weighted by Gasteiger charge is 1.97. The van der Waals surface area contributed by atoms with Crippen molar-refractivity contribution in [2.75, 3.05) is 6.26 Å². The van der Waals surface area contributed by atoms with Crippen LogP contribution in [0.1, 0.15) is 18.1 Å². The van der Waals surface area contributed by atoms with Gasteiger partial charge in [-0.2, -0.15) is 5.26 Å². The van der Waals surface area contributed by atoms with Gasteiger partial charge in [0.05, 0.1) is 11.6 Å². The molecule has 2 heteroatoms. The first-order valence-corrected chi connectivity index (χ1v) is 5.10. The third-order valence-electron chi connectivity index (χ3n) is 1.74. The largest absolute Gasteiger partial charge is 0.192 e. The molecular weight excluding hydrogens is 166 g/mol. The lowest BCUT2D eigenvalue weighted by Gasteiger charge is -2.01. The van der Waals surface area contributed by atoms with Gasteiger partial charge in [0.25, 0.3) is 0 Å². The second-order valence-corrected chi connectivity index (χ2v) is 3.41. The van der Waals surface area contributed by atoms with Gasteiger partial charge in [0.15, 0.2) is 0 Å². The van der Waals surface area contributed by atoms with E-state index in [1.165, 1.54) is 10.5 Å². The second-order valence-electron chi connectivity index (χ2n) is 2.54. The third-order valence-corrected chi connectivity index (χ3v) is 2.45. The Labute approximate surface area is 77.4 Å². The van der Waals surface area contributed by atoms with Gasteiger partial charge in [0.2, 0.25) is 0 Å². The molecular formula is C10H11NS. The Balaban J connectivity index is 3.12. The van der Waals surface area contributed by atoms with Crippen LogP contribution in [-0.2, 0) is 6.42 Å². The molecule has 12 heavy (non-hydrogen) atoms. The zero-order valence-corrected chi connectivity index (χ0v) is 8.11. The molecule has 1 nitrogen and oxygen atoms in total. The molecule has 0 aliphatic rings. The van der Waals surface area contributed by atoms with Crippen LogP contribution in [0.5, 0.6) is 0 Å². The summed E-state index contributed by atoms with van der Waals surface area (Å²) in [6, 6.07) is 8.16. The summed E-state index contributed by atoms with van der Waals surface area (Å²) in [5.41, 5.74) is 2.00. The second kappa shape index (κ2) is 4.18. The first-order chi connectivity index (χ1) is 5.80. The van der Waals surface area contributed by atoms with Crippen molar-refractivity contribution in [3.05, 3.63) is 29.3 Å². The Morgan fingerprint density at radius 1 is 1.42 bits per heavy atom. The third kappa shape index (κ3) is 2.02. The van der Waals surface area contributed by atoms with Gasteiger partial charge in [-0.3, -0.25) is 0 Å². The van der Waals surface area contributed by atoms with E-state index in [1.807, 2.05) is 18.4 Å². The molecule has 1 aromatic carbocycles. The standard InChI is InChI=1S/C10H11NS/c1-3-8-4-9(7-11)6-10(5-8)12-2/h4-6H,3H2,1-2H3. The first-order valence-electron chi connectivity index (χ1n) is 3.88. The number of aryl methyl sites for hydroxylation is 1. The van der Waals surface area contributed by atoms with Crippen LogP contribution in [0, 0.1) is 11.3 Å². The number of nitriles is 1. The first kappa shape index (κ1) is 9.15. The van der Waals surface area contributed by atoms with Gasteiger partial charge in [-0.1, -0.05) is 6.92 Å². The Morgan fingerprint density at radius 3 is 2.67 bits per heavy atom. The Morgan fingerprint density at radius 2 is 2.17 bits per heavy atom. The van der Waals surface area contributed by atoms with E-state index in [9.17, 15) is 0 Å². The van der Waals surface area contributed by atoms with E-state index in [2.05, 4.69) is 19.1 Å². The van der Waals surface area contributed by atoms with E-state index >= 15 is 0 Å². The zero-order chi connectivity index (χ0) is 8.97. The molecule has 0 amide bonds. The highest BCUT2D eigenvalue weighted by molar-refractivity contribution is 7.98. The highest BCUT2D eigenvalue weighted by Crippen LogP contribution is 2.18. The number of hydrogen-bond acceptors (Lipinski definition) is 2. The molecule has 0 unspecified atom stereocenters. The van der Waals surface area contributed by atoms with Crippen LogP contribution in [0.25, 0.3) is 0 Å². The average Bonchev–Trinajstić information content (AvgIpc) is 2.16. The van der Waals surface area contributed by atoms with Gasteiger partial charge in [-0.15, -0.1) is 11.8 Å². The highest BCUT2D eigenvalue weighted by atomic mass is 32.2. The summed E-state index contributed by atoms with van der Waals surface area (Å²) >= 11 is 1.68. The van der Waals surface area contributed by atoms with Gasteiger partial charge in [0, 0.05) is 4.90 Å². The van der Waals surface area contributed by atoms with E-state index in [4.69, 9.17) is 5.26 Å². The van der Waals surface area contributed by atoms with Crippen molar-refractivity contribution < 1.29 is 0 Å². The van der Waals surface area contributed by atoms with Crippen LogP contribution in [0.15, 0.2) is 23.1 Å². The molecule has 0 spiro atoms. The maximum atomic E-state index is 8.72. The summed E-state index contributed by atoms with van der Waals surface area (Å²) in [5.74, 6) is 0. The van der Waals surface area contributed by atoms with Gasteiger partial charge >= 0.3 is 0 Å². The molecule has 1 aromatic rings. The summed E-state index contributed by atoms with van der Waals surface area (Å²) in [7, 11) is 0. The van der Waals surface area contributed by atoms with E-state index in [0.29, 0.717) is 0 Å². The Hall–Kier alpha value is -0.940. The SMILES string of the molecule is CCc1cc(C#N)cc(SC)c1. The topological polar surface area (TPSA) is 23.8 Å². The molecule has 62 valence electrons. The minimum absolute atomic E-state index is 0.763. The molecule has 0 fully saturated rings. The van der Waals surface area contributed by atoms with Gasteiger partial charge in [0.1, 0.15) is 0 Å². The van der Waals surface area contributed by atoms with Crippen molar-refractivity contribution in [2.24, 2.45) is 0 Å². The average molecular weight is 177 g/mol. The van der Waals surface area contributed by atoms with Gasteiger partial charge in [-0.25, -0.2) is 0 Å². The van der Waals surface area contributed by atoms with Crippen molar-refractivity contribution in [3.8, 4) is 6.07 Å². The molecule has 0 bridgehead atoms. The molecule has 0 saturated heterocycles. The number of rotatable bonds is 2. The fourth-order valence-electron chi connectivity index (χ4n) is 1.05. The molecule has 0 aromatic heterocycles. The molecule has 0 N–H and O–H groups in total. The molecule has 0 saturated carbocycles. The van der Waals surface area contributed by atoms with Crippen LogP contribution in [0.4, 0.5) is 0 Å². The number of thioether (sulfide) groups is 1. The maximum Gasteiger partial charge on any atom is 0.0992 e. The normalized spacial score (nSPS) is 9.42. The lowest BCUT2D eigenvalue weighted by Crippen LogP contribution is -1.84. The van der Waals surface area contributed by atoms with Crippen molar-refractivity contribution in [1.82, 2.24) is 0 Å². The molecule has 0 heterocycles. The zero-order valence-electron chi connectivity index (χ0n) is 7.29. The fourth-order valence-corrected chi connectivity index (χ4v) is 1.56.